The van der Waals surface area contributed by atoms with Crippen molar-refractivity contribution in [2.45, 2.75) is 68.7 Å². The molecule has 1 saturated carbocycles. The van der Waals surface area contributed by atoms with Crippen LogP contribution in [0.5, 0.6) is 0 Å². The van der Waals surface area contributed by atoms with Crippen LogP contribution >= 0.6 is 0 Å². The summed E-state index contributed by atoms with van der Waals surface area (Å²) in [6, 6.07) is 22.5. The Morgan fingerprint density at radius 3 is 2.83 bits per heavy atom. The van der Waals surface area contributed by atoms with E-state index >= 15 is 0 Å². The van der Waals surface area contributed by atoms with Gasteiger partial charge in [0.2, 0.25) is 0 Å². The molecule has 3 aromatic rings. The van der Waals surface area contributed by atoms with Gasteiger partial charge in [-0.15, -0.1) is 0 Å². The predicted molar refractivity (Wildman–Crippen MR) is 163 cm³/mol. The average molecular weight is 538 g/mol. The number of anilines is 1. The molecule has 8 atom stereocenters. The highest BCUT2D eigenvalue weighted by molar-refractivity contribution is 5.71. The van der Waals surface area contributed by atoms with Crippen LogP contribution in [0.15, 0.2) is 103 Å². The molecular weight excluding hydrogens is 502 g/mol. The molecule has 5 aliphatic rings. The summed E-state index contributed by atoms with van der Waals surface area (Å²) < 4.78 is 6.82. The highest BCUT2D eigenvalue weighted by Gasteiger charge is 2.52. The SMILES string of the molecule is CC1CCC[C@H]2OC3CC4C(C=C3C12)c1ccccc1N4C1C=CC=CC1c1cccc(-c2cnccc2C#N)c1. The van der Waals surface area contributed by atoms with Crippen LogP contribution in [-0.2, 0) is 4.74 Å². The quantitative estimate of drug-likeness (QED) is 0.321. The van der Waals surface area contributed by atoms with Crippen molar-refractivity contribution >= 4 is 5.69 Å². The van der Waals surface area contributed by atoms with E-state index < -0.39 is 0 Å². The topological polar surface area (TPSA) is 49.1 Å². The fourth-order valence-corrected chi connectivity index (χ4v) is 8.61. The number of para-hydroxylation sites is 1. The number of allylic oxidation sites excluding steroid dienone is 2. The molecule has 0 N–H and O–H groups in total. The first-order valence-electron chi connectivity index (χ1n) is 15.2. The van der Waals surface area contributed by atoms with Crippen LogP contribution in [-0.4, -0.2) is 29.3 Å². The second-order valence-corrected chi connectivity index (χ2v) is 12.5. The van der Waals surface area contributed by atoms with Crippen molar-refractivity contribution < 1.29 is 4.74 Å². The molecule has 204 valence electrons. The molecule has 2 aliphatic heterocycles. The lowest BCUT2D eigenvalue weighted by atomic mass is 9.71. The fraction of sp³-hybridized carbons (Fsp3) is 0.351. The second kappa shape index (κ2) is 9.86. The highest BCUT2D eigenvalue weighted by atomic mass is 16.5. The Morgan fingerprint density at radius 2 is 1.90 bits per heavy atom. The Morgan fingerprint density at radius 1 is 1.00 bits per heavy atom. The van der Waals surface area contributed by atoms with Gasteiger partial charge in [0.15, 0.2) is 0 Å². The lowest BCUT2D eigenvalue weighted by Crippen LogP contribution is -2.47. The average Bonchev–Trinajstić information content (AvgIpc) is 3.55. The van der Waals surface area contributed by atoms with Crippen LogP contribution in [0, 0.1) is 23.2 Å². The largest absolute Gasteiger partial charge is 0.370 e. The van der Waals surface area contributed by atoms with Crippen LogP contribution in [0.1, 0.15) is 61.1 Å². The van der Waals surface area contributed by atoms with E-state index in [0.717, 1.165) is 17.5 Å². The molecule has 0 bridgehead atoms. The molecule has 41 heavy (non-hydrogen) atoms. The lowest BCUT2D eigenvalue weighted by Gasteiger charge is -2.42. The molecule has 8 rings (SSSR count). The van der Waals surface area contributed by atoms with Gasteiger partial charge in [0.25, 0.3) is 0 Å². The van der Waals surface area contributed by atoms with Crippen LogP contribution in [0.2, 0.25) is 0 Å². The molecule has 4 nitrogen and oxygen atoms in total. The van der Waals surface area contributed by atoms with E-state index in [1.807, 2.05) is 0 Å². The number of nitriles is 1. The van der Waals surface area contributed by atoms with E-state index in [1.165, 1.54) is 36.1 Å². The van der Waals surface area contributed by atoms with Crippen LogP contribution in [0.25, 0.3) is 11.1 Å². The van der Waals surface area contributed by atoms with Crippen LogP contribution < -0.4 is 4.90 Å². The summed E-state index contributed by atoms with van der Waals surface area (Å²) in [5.41, 5.74) is 8.24. The van der Waals surface area contributed by atoms with Gasteiger partial charge >= 0.3 is 0 Å². The molecule has 1 saturated heterocycles. The maximum absolute atomic E-state index is 9.71. The number of hydrogen-bond acceptors (Lipinski definition) is 4. The Hall–Kier alpha value is -3.94. The van der Waals surface area contributed by atoms with Crippen molar-refractivity contribution in [2.75, 3.05) is 4.90 Å². The summed E-state index contributed by atoms with van der Waals surface area (Å²) in [7, 11) is 0. The number of ether oxygens (including phenoxy) is 1. The molecule has 3 aliphatic carbocycles. The number of fused-ring (bicyclic) bond motifs is 6. The van der Waals surface area contributed by atoms with Crippen LogP contribution in [0.3, 0.4) is 0 Å². The summed E-state index contributed by atoms with van der Waals surface area (Å²) in [5.74, 6) is 1.88. The van der Waals surface area contributed by atoms with Gasteiger partial charge in [-0.25, -0.2) is 0 Å². The highest BCUT2D eigenvalue weighted by Crippen LogP contribution is 2.55. The minimum atomic E-state index is 0.187. The Labute approximate surface area is 242 Å². The van der Waals surface area contributed by atoms with E-state index in [9.17, 15) is 5.26 Å². The standard InChI is InChI=1S/C37H35N3O/c1-23-8-6-15-35-37(23)30-19-29-28-12-3-5-14-33(28)40(34(29)20-36(30)41-35)32-13-4-2-11-27(32)24-9-7-10-25(18-24)31-22-39-17-16-26(31)21-38/h2-5,7,9-14,16-19,22-23,27,29,32,34-37H,6,8,15,20H2,1H3/t23?,27?,29?,32?,34?,35-,36?,37?/m1/s1. The molecular formula is C37H35N3O. The minimum absolute atomic E-state index is 0.187. The van der Waals surface area contributed by atoms with Gasteiger partial charge in [-0.2, -0.15) is 5.26 Å². The predicted octanol–water partition coefficient (Wildman–Crippen LogP) is 7.70. The zero-order chi connectivity index (χ0) is 27.5. The molecule has 3 heterocycles. The normalized spacial score (nSPS) is 32.9. The van der Waals surface area contributed by atoms with Crippen molar-refractivity contribution in [3.8, 4) is 17.2 Å². The molecule has 2 fully saturated rings. The summed E-state index contributed by atoms with van der Waals surface area (Å²) in [4.78, 5) is 7.03. The van der Waals surface area contributed by atoms with Gasteiger partial charge in [-0.05, 0) is 59.6 Å². The summed E-state index contributed by atoms with van der Waals surface area (Å²) in [5, 5.41) is 9.71. The Balaban J connectivity index is 1.18. The lowest BCUT2D eigenvalue weighted by molar-refractivity contribution is 0.00337. The smallest absolute Gasteiger partial charge is 0.0999 e. The number of hydrogen-bond donors (Lipinski definition) is 0. The summed E-state index contributed by atoms with van der Waals surface area (Å²) in [6.45, 7) is 2.44. The van der Waals surface area contributed by atoms with E-state index in [0.29, 0.717) is 35.5 Å². The van der Waals surface area contributed by atoms with Crippen molar-refractivity contribution in [3.05, 3.63) is 120 Å². The number of rotatable bonds is 3. The van der Waals surface area contributed by atoms with E-state index in [2.05, 4.69) is 102 Å². The number of pyridine rings is 1. The third-order valence-corrected chi connectivity index (χ3v) is 10.4. The van der Waals surface area contributed by atoms with Crippen molar-refractivity contribution in [2.24, 2.45) is 11.8 Å². The number of benzene rings is 2. The van der Waals surface area contributed by atoms with Crippen molar-refractivity contribution in [1.82, 2.24) is 4.98 Å². The van der Waals surface area contributed by atoms with Crippen molar-refractivity contribution in [1.29, 1.82) is 5.26 Å². The molecule has 7 unspecified atom stereocenters. The van der Waals surface area contributed by atoms with Gasteiger partial charge in [0, 0.05) is 47.4 Å². The Bertz CT molecular complexity index is 1630. The van der Waals surface area contributed by atoms with Crippen LogP contribution in [0.4, 0.5) is 5.69 Å². The molecule has 1 aromatic heterocycles. The minimum Gasteiger partial charge on any atom is -0.370 e. The van der Waals surface area contributed by atoms with E-state index in [1.54, 1.807) is 24.0 Å². The first kappa shape index (κ1) is 24.8. The monoisotopic (exact) mass is 537 g/mol. The molecule has 0 radical (unpaired) electrons. The molecule has 0 spiro atoms. The maximum Gasteiger partial charge on any atom is 0.0999 e. The van der Waals surface area contributed by atoms with Gasteiger partial charge in [-0.3, -0.25) is 4.98 Å². The zero-order valence-corrected chi connectivity index (χ0v) is 23.4. The molecule has 4 heteroatoms. The van der Waals surface area contributed by atoms with E-state index in [4.69, 9.17) is 4.74 Å². The third-order valence-electron chi connectivity index (χ3n) is 10.4. The Kier molecular flexibility index (Phi) is 5.97. The van der Waals surface area contributed by atoms with Gasteiger partial charge < -0.3 is 9.64 Å². The molecule has 2 aromatic carbocycles. The number of nitrogens with zero attached hydrogens (tertiary/aromatic N) is 3. The van der Waals surface area contributed by atoms with Crippen molar-refractivity contribution in [3.63, 3.8) is 0 Å². The summed E-state index contributed by atoms with van der Waals surface area (Å²) in [6.07, 6.45) is 20.8. The maximum atomic E-state index is 9.71. The van der Waals surface area contributed by atoms with E-state index in [-0.39, 0.29) is 18.1 Å². The zero-order valence-electron chi connectivity index (χ0n) is 23.4. The van der Waals surface area contributed by atoms with Gasteiger partial charge in [0.05, 0.1) is 29.9 Å². The second-order valence-electron chi connectivity index (χ2n) is 12.5. The summed E-state index contributed by atoms with van der Waals surface area (Å²) >= 11 is 0. The first-order valence-corrected chi connectivity index (χ1v) is 15.2. The number of aromatic nitrogens is 1. The van der Waals surface area contributed by atoms with Gasteiger partial charge in [-0.1, -0.05) is 86.2 Å². The first-order chi connectivity index (χ1) is 20.2. The third kappa shape index (κ3) is 3.94. The fourth-order valence-electron chi connectivity index (χ4n) is 8.61. The van der Waals surface area contributed by atoms with Gasteiger partial charge in [0.1, 0.15) is 0 Å². The molecule has 0 amide bonds.